The lowest BCUT2D eigenvalue weighted by Crippen LogP contribution is -2.53. The van der Waals surface area contributed by atoms with Crippen LogP contribution in [0.5, 0.6) is 0 Å². The maximum absolute atomic E-state index is 12.3. The quantitative estimate of drug-likeness (QED) is 0.666. The van der Waals surface area contributed by atoms with Gasteiger partial charge in [-0.2, -0.15) is 0 Å². The third kappa shape index (κ3) is 6.02. The highest BCUT2D eigenvalue weighted by molar-refractivity contribution is 9.10. The van der Waals surface area contributed by atoms with Gasteiger partial charge in [-0.05, 0) is 17.5 Å². The van der Waals surface area contributed by atoms with Crippen molar-refractivity contribution in [3.05, 3.63) is 34.3 Å². The zero-order valence-corrected chi connectivity index (χ0v) is 14.9. The molecular weight excluding hydrogens is 364 g/mol. The molecule has 0 unspecified atom stereocenters. The monoisotopic (exact) mass is 384 g/mol. The predicted octanol–water partition coefficient (Wildman–Crippen LogP) is 1.72. The van der Waals surface area contributed by atoms with Gasteiger partial charge < -0.3 is 15.7 Å². The van der Waals surface area contributed by atoms with Crippen molar-refractivity contribution >= 4 is 33.7 Å². The van der Waals surface area contributed by atoms with E-state index in [9.17, 15) is 19.5 Å². The molecule has 7 heteroatoms. The number of rotatable bonds is 7. The van der Waals surface area contributed by atoms with Crippen molar-refractivity contribution in [2.24, 2.45) is 5.92 Å². The number of carboxylic acids is 1. The molecule has 0 saturated heterocycles. The van der Waals surface area contributed by atoms with Crippen LogP contribution in [0.25, 0.3) is 0 Å². The largest absolute Gasteiger partial charge is 0.480 e. The predicted molar refractivity (Wildman–Crippen MR) is 89.9 cm³/mol. The van der Waals surface area contributed by atoms with Crippen LogP contribution in [-0.2, 0) is 20.8 Å². The molecule has 0 spiro atoms. The molecule has 2 amide bonds. The lowest BCUT2D eigenvalue weighted by Gasteiger charge is -2.23. The van der Waals surface area contributed by atoms with Gasteiger partial charge in [-0.1, -0.05) is 48.0 Å². The van der Waals surface area contributed by atoms with Gasteiger partial charge >= 0.3 is 5.97 Å². The van der Waals surface area contributed by atoms with Crippen LogP contribution < -0.4 is 10.6 Å². The summed E-state index contributed by atoms with van der Waals surface area (Å²) in [6.07, 6.45) is 0.146. The molecule has 0 heterocycles. The zero-order valence-electron chi connectivity index (χ0n) is 13.3. The minimum atomic E-state index is -1.13. The third-order valence-corrected chi connectivity index (χ3v) is 4.08. The molecule has 0 aliphatic rings. The fraction of sp³-hybridized carbons (Fsp3) is 0.438. The summed E-state index contributed by atoms with van der Waals surface area (Å²) in [4.78, 5) is 35.0. The van der Waals surface area contributed by atoms with Gasteiger partial charge in [0, 0.05) is 17.8 Å². The summed E-state index contributed by atoms with van der Waals surface area (Å²) in [6, 6.07) is 5.39. The van der Waals surface area contributed by atoms with Crippen LogP contribution in [0, 0.1) is 5.92 Å². The van der Waals surface area contributed by atoms with E-state index in [-0.39, 0.29) is 18.2 Å². The number of benzene rings is 1. The normalized spacial score (nSPS) is 13.3. The Morgan fingerprint density at radius 3 is 2.26 bits per heavy atom. The van der Waals surface area contributed by atoms with E-state index in [1.54, 1.807) is 26.0 Å². The lowest BCUT2D eigenvalue weighted by atomic mass is 10.0. The highest BCUT2D eigenvalue weighted by Crippen LogP contribution is 2.17. The van der Waals surface area contributed by atoms with Crippen molar-refractivity contribution in [3.8, 4) is 0 Å². The minimum absolute atomic E-state index is 0.146. The van der Waals surface area contributed by atoms with Crippen LogP contribution in [0.1, 0.15) is 26.3 Å². The number of aliphatic carboxylic acids is 1. The molecule has 0 aliphatic heterocycles. The molecular formula is C16H21BrN2O4. The minimum Gasteiger partial charge on any atom is -0.480 e. The molecule has 0 fully saturated rings. The van der Waals surface area contributed by atoms with Crippen molar-refractivity contribution in [2.75, 3.05) is 0 Å². The van der Waals surface area contributed by atoms with Gasteiger partial charge in [0.25, 0.3) is 0 Å². The van der Waals surface area contributed by atoms with Crippen molar-refractivity contribution in [3.63, 3.8) is 0 Å². The first-order chi connectivity index (χ1) is 10.7. The molecule has 6 nitrogen and oxygen atoms in total. The summed E-state index contributed by atoms with van der Waals surface area (Å²) in [5, 5.41) is 14.4. The fourth-order valence-electron chi connectivity index (χ4n) is 2.10. The average Bonchev–Trinajstić information content (AvgIpc) is 2.45. The Morgan fingerprint density at radius 1 is 1.17 bits per heavy atom. The second-order valence-electron chi connectivity index (χ2n) is 5.62. The first kappa shape index (κ1) is 19.2. The molecule has 2 atom stereocenters. The Morgan fingerprint density at radius 2 is 1.78 bits per heavy atom. The summed E-state index contributed by atoms with van der Waals surface area (Å²) >= 11 is 3.36. The van der Waals surface area contributed by atoms with Gasteiger partial charge in [0.1, 0.15) is 12.1 Å². The fourth-order valence-corrected chi connectivity index (χ4v) is 2.55. The van der Waals surface area contributed by atoms with Gasteiger partial charge in [0.05, 0.1) is 0 Å². The molecule has 23 heavy (non-hydrogen) atoms. The van der Waals surface area contributed by atoms with E-state index in [0.717, 1.165) is 10.0 Å². The second-order valence-corrected chi connectivity index (χ2v) is 6.47. The number of halogens is 1. The van der Waals surface area contributed by atoms with Gasteiger partial charge in [0.2, 0.25) is 11.8 Å². The van der Waals surface area contributed by atoms with E-state index in [1.165, 1.54) is 6.92 Å². The topological polar surface area (TPSA) is 95.5 Å². The molecule has 0 saturated carbocycles. The summed E-state index contributed by atoms with van der Waals surface area (Å²) in [7, 11) is 0. The SMILES string of the molecule is CC(=O)N[C@@H](C(=O)N[C@@H](Cc1ccccc1Br)C(=O)O)C(C)C. The van der Waals surface area contributed by atoms with Crippen molar-refractivity contribution < 1.29 is 19.5 Å². The van der Waals surface area contributed by atoms with Gasteiger partial charge in [0.15, 0.2) is 0 Å². The summed E-state index contributed by atoms with van der Waals surface area (Å²) in [5.41, 5.74) is 0.779. The molecule has 126 valence electrons. The van der Waals surface area contributed by atoms with E-state index >= 15 is 0 Å². The number of carbonyl (C=O) groups is 3. The Hall–Kier alpha value is -1.89. The maximum atomic E-state index is 12.3. The van der Waals surface area contributed by atoms with E-state index in [1.807, 2.05) is 12.1 Å². The molecule has 1 aromatic carbocycles. The summed E-state index contributed by atoms with van der Waals surface area (Å²) < 4.78 is 0.780. The Labute approximate surface area is 143 Å². The van der Waals surface area contributed by atoms with Crippen molar-refractivity contribution in [1.29, 1.82) is 0 Å². The number of amides is 2. The van der Waals surface area contributed by atoms with Crippen LogP contribution in [-0.4, -0.2) is 35.0 Å². The molecule has 1 aromatic rings. The van der Waals surface area contributed by atoms with Crippen LogP contribution in [0.4, 0.5) is 0 Å². The third-order valence-electron chi connectivity index (χ3n) is 3.30. The van der Waals surface area contributed by atoms with Crippen molar-refractivity contribution in [2.45, 2.75) is 39.3 Å². The first-order valence-electron chi connectivity index (χ1n) is 7.26. The molecule has 3 N–H and O–H groups in total. The Balaban J connectivity index is 2.86. The number of nitrogens with one attached hydrogen (secondary N) is 2. The summed E-state index contributed by atoms with van der Waals surface area (Å²) in [6.45, 7) is 4.88. The van der Waals surface area contributed by atoms with Crippen LogP contribution in [0.3, 0.4) is 0 Å². The first-order valence-corrected chi connectivity index (χ1v) is 8.05. The summed E-state index contributed by atoms with van der Waals surface area (Å²) in [5.74, 6) is -2.12. The van der Waals surface area contributed by atoms with Crippen LogP contribution in [0.2, 0.25) is 0 Å². The maximum Gasteiger partial charge on any atom is 0.326 e. The number of hydrogen-bond donors (Lipinski definition) is 3. The van der Waals surface area contributed by atoms with Gasteiger partial charge in [-0.25, -0.2) is 4.79 Å². The molecule has 0 aliphatic carbocycles. The standard InChI is InChI=1S/C16H21BrN2O4/c1-9(2)14(18-10(3)20)15(21)19-13(16(22)23)8-11-6-4-5-7-12(11)17/h4-7,9,13-14H,8H2,1-3H3,(H,18,20)(H,19,21)(H,22,23)/t13-,14+/m0/s1. The second kappa shape index (κ2) is 8.67. The Bertz CT molecular complexity index is 589. The van der Waals surface area contributed by atoms with Gasteiger partial charge in [-0.3, -0.25) is 9.59 Å². The molecule has 0 radical (unpaired) electrons. The molecule has 0 aromatic heterocycles. The number of hydrogen-bond acceptors (Lipinski definition) is 3. The Kier molecular flexibility index (Phi) is 7.22. The van der Waals surface area contributed by atoms with Gasteiger partial charge in [-0.15, -0.1) is 0 Å². The van der Waals surface area contributed by atoms with E-state index in [2.05, 4.69) is 26.6 Å². The molecule has 1 rings (SSSR count). The van der Waals surface area contributed by atoms with Crippen LogP contribution in [0.15, 0.2) is 28.7 Å². The number of carboxylic acid groups (broad SMARTS) is 1. The molecule has 0 bridgehead atoms. The highest BCUT2D eigenvalue weighted by atomic mass is 79.9. The zero-order chi connectivity index (χ0) is 17.6. The average molecular weight is 385 g/mol. The van der Waals surface area contributed by atoms with Crippen molar-refractivity contribution in [1.82, 2.24) is 10.6 Å². The van der Waals surface area contributed by atoms with E-state index in [0.29, 0.717) is 0 Å². The smallest absolute Gasteiger partial charge is 0.326 e. The van der Waals surface area contributed by atoms with E-state index in [4.69, 9.17) is 0 Å². The number of carbonyl (C=O) groups excluding carboxylic acids is 2. The van der Waals surface area contributed by atoms with E-state index < -0.39 is 24.0 Å². The lowest BCUT2D eigenvalue weighted by molar-refractivity contribution is -0.142. The van der Waals surface area contributed by atoms with Crippen LogP contribution >= 0.6 is 15.9 Å². The highest BCUT2D eigenvalue weighted by Gasteiger charge is 2.28.